The Morgan fingerprint density at radius 1 is 1.46 bits per heavy atom. The summed E-state index contributed by atoms with van der Waals surface area (Å²) in [4.78, 5) is 12.5. The van der Waals surface area contributed by atoms with Crippen molar-refractivity contribution in [2.24, 2.45) is 0 Å². The molecule has 0 saturated carbocycles. The lowest BCUT2D eigenvalue weighted by molar-refractivity contribution is -0.121. The van der Waals surface area contributed by atoms with Crippen molar-refractivity contribution >= 4 is 5.91 Å². The Morgan fingerprint density at radius 3 is 2.96 bits per heavy atom. The summed E-state index contributed by atoms with van der Waals surface area (Å²) in [6.45, 7) is 6.06. The molecule has 1 aromatic carbocycles. The Morgan fingerprint density at radius 2 is 2.25 bits per heavy atom. The van der Waals surface area contributed by atoms with Crippen LogP contribution in [0.5, 0.6) is 5.75 Å². The Bertz CT molecular complexity index is 749. The van der Waals surface area contributed by atoms with E-state index in [1.54, 1.807) is 6.07 Å². The first-order valence-electron chi connectivity index (χ1n) is 8.60. The average molecular weight is 327 g/mol. The number of hydrogen-bond acceptors (Lipinski definition) is 3. The van der Waals surface area contributed by atoms with E-state index < -0.39 is 0 Å². The lowest BCUT2D eigenvalue weighted by Crippen LogP contribution is -2.33. The van der Waals surface area contributed by atoms with Crippen molar-refractivity contribution in [3.8, 4) is 5.75 Å². The van der Waals surface area contributed by atoms with Gasteiger partial charge in [0.15, 0.2) is 0 Å². The molecule has 2 aromatic rings. The number of carbonyl (C=O) groups is 1. The number of carbonyl (C=O) groups excluding carboxylic acids is 1. The first-order valence-corrected chi connectivity index (χ1v) is 8.60. The summed E-state index contributed by atoms with van der Waals surface area (Å²) in [7, 11) is 0. The third-order valence-corrected chi connectivity index (χ3v) is 4.65. The minimum Gasteiger partial charge on any atom is -0.508 e. The van der Waals surface area contributed by atoms with E-state index in [9.17, 15) is 9.90 Å². The van der Waals surface area contributed by atoms with Crippen LogP contribution in [0.1, 0.15) is 61.2 Å². The number of benzene rings is 1. The molecular weight excluding hydrogens is 302 g/mol. The standard InChI is InChI=1S/C19H25N3O2/c1-12(2)22-19-15(11-20-22)5-4-6-16(19)21-18(24)10-14-8-7-13(3)17(23)9-14/h7-9,11-12,16,23H,4-6,10H2,1-3H3,(H,21,24). The molecule has 0 aliphatic heterocycles. The van der Waals surface area contributed by atoms with E-state index >= 15 is 0 Å². The van der Waals surface area contributed by atoms with Crippen LogP contribution in [0, 0.1) is 6.92 Å². The highest BCUT2D eigenvalue weighted by Crippen LogP contribution is 2.31. The van der Waals surface area contributed by atoms with E-state index in [0.29, 0.717) is 0 Å². The van der Waals surface area contributed by atoms with Crippen molar-refractivity contribution < 1.29 is 9.90 Å². The molecule has 24 heavy (non-hydrogen) atoms. The predicted molar refractivity (Wildman–Crippen MR) is 93.0 cm³/mol. The number of rotatable bonds is 4. The molecule has 1 aromatic heterocycles. The molecule has 1 unspecified atom stereocenters. The van der Waals surface area contributed by atoms with Crippen molar-refractivity contribution in [3.05, 3.63) is 46.8 Å². The van der Waals surface area contributed by atoms with Crippen LogP contribution in [-0.4, -0.2) is 20.8 Å². The maximum atomic E-state index is 12.5. The zero-order valence-corrected chi connectivity index (χ0v) is 14.5. The highest BCUT2D eigenvalue weighted by atomic mass is 16.3. The monoisotopic (exact) mass is 327 g/mol. The van der Waals surface area contributed by atoms with Gasteiger partial charge in [0, 0.05) is 6.04 Å². The summed E-state index contributed by atoms with van der Waals surface area (Å²) in [6.07, 6.45) is 5.24. The van der Waals surface area contributed by atoms with Crippen LogP contribution in [0.4, 0.5) is 0 Å². The van der Waals surface area contributed by atoms with Gasteiger partial charge in [-0.05, 0) is 62.8 Å². The maximum Gasteiger partial charge on any atom is 0.224 e. The smallest absolute Gasteiger partial charge is 0.224 e. The third kappa shape index (κ3) is 3.30. The largest absolute Gasteiger partial charge is 0.508 e. The van der Waals surface area contributed by atoms with Gasteiger partial charge in [-0.2, -0.15) is 5.10 Å². The minimum absolute atomic E-state index is 0.0187. The van der Waals surface area contributed by atoms with Gasteiger partial charge < -0.3 is 10.4 Å². The fraction of sp³-hybridized carbons (Fsp3) is 0.474. The van der Waals surface area contributed by atoms with Crippen molar-refractivity contribution in [2.75, 3.05) is 0 Å². The van der Waals surface area contributed by atoms with E-state index in [2.05, 4.69) is 24.3 Å². The lowest BCUT2D eigenvalue weighted by atomic mass is 9.93. The maximum absolute atomic E-state index is 12.5. The number of nitrogens with zero attached hydrogens (tertiary/aromatic N) is 2. The van der Waals surface area contributed by atoms with Crippen molar-refractivity contribution in [2.45, 2.75) is 58.5 Å². The van der Waals surface area contributed by atoms with Crippen LogP contribution in [0.2, 0.25) is 0 Å². The van der Waals surface area contributed by atoms with Crippen molar-refractivity contribution in [3.63, 3.8) is 0 Å². The Kier molecular flexibility index (Phi) is 4.60. The summed E-state index contributed by atoms with van der Waals surface area (Å²) in [5.74, 6) is 0.214. The van der Waals surface area contributed by atoms with E-state index in [0.717, 1.165) is 36.1 Å². The lowest BCUT2D eigenvalue weighted by Gasteiger charge is -2.26. The van der Waals surface area contributed by atoms with Gasteiger partial charge in [0.1, 0.15) is 5.75 Å². The quantitative estimate of drug-likeness (QED) is 0.906. The Labute approximate surface area is 142 Å². The molecule has 0 bridgehead atoms. The summed E-state index contributed by atoms with van der Waals surface area (Å²) in [5.41, 5.74) is 4.03. The molecule has 1 amide bonds. The number of fused-ring (bicyclic) bond motifs is 1. The first-order chi connectivity index (χ1) is 11.5. The normalized spacial score (nSPS) is 16.9. The van der Waals surface area contributed by atoms with Crippen LogP contribution in [-0.2, 0) is 17.6 Å². The highest BCUT2D eigenvalue weighted by Gasteiger charge is 2.27. The summed E-state index contributed by atoms with van der Waals surface area (Å²) in [6, 6.07) is 5.69. The second kappa shape index (κ2) is 6.67. The molecule has 0 fully saturated rings. The van der Waals surface area contributed by atoms with E-state index in [1.165, 1.54) is 5.56 Å². The molecular formula is C19H25N3O2. The molecule has 1 heterocycles. The van der Waals surface area contributed by atoms with Crippen molar-refractivity contribution in [1.82, 2.24) is 15.1 Å². The molecule has 0 saturated heterocycles. The van der Waals surface area contributed by atoms with Crippen LogP contribution >= 0.6 is 0 Å². The number of amides is 1. The van der Waals surface area contributed by atoms with Gasteiger partial charge in [0.05, 0.1) is 24.4 Å². The van der Waals surface area contributed by atoms with E-state index in [4.69, 9.17) is 0 Å². The zero-order chi connectivity index (χ0) is 17.3. The topological polar surface area (TPSA) is 67.2 Å². The second-order valence-electron chi connectivity index (χ2n) is 6.90. The van der Waals surface area contributed by atoms with Crippen LogP contribution < -0.4 is 5.32 Å². The van der Waals surface area contributed by atoms with E-state index in [-0.39, 0.29) is 30.2 Å². The molecule has 5 nitrogen and oxygen atoms in total. The Hall–Kier alpha value is -2.30. The number of aryl methyl sites for hydroxylation is 2. The van der Waals surface area contributed by atoms with Gasteiger partial charge in [-0.1, -0.05) is 12.1 Å². The van der Waals surface area contributed by atoms with Crippen molar-refractivity contribution in [1.29, 1.82) is 0 Å². The summed E-state index contributed by atoms with van der Waals surface area (Å²) >= 11 is 0. The molecule has 0 spiro atoms. The molecule has 0 radical (unpaired) electrons. The molecule has 1 aliphatic carbocycles. The number of aromatic nitrogens is 2. The summed E-state index contributed by atoms with van der Waals surface area (Å²) < 4.78 is 2.02. The number of phenolic OH excluding ortho intramolecular Hbond substituents is 1. The van der Waals surface area contributed by atoms with Crippen LogP contribution in [0.15, 0.2) is 24.4 Å². The molecule has 2 N–H and O–H groups in total. The van der Waals surface area contributed by atoms with Gasteiger partial charge in [0.25, 0.3) is 0 Å². The van der Waals surface area contributed by atoms with Gasteiger partial charge in [-0.25, -0.2) is 0 Å². The summed E-state index contributed by atoms with van der Waals surface area (Å²) in [5, 5.41) is 17.4. The zero-order valence-electron chi connectivity index (χ0n) is 14.5. The average Bonchev–Trinajstić information content (AvgIpc) is 2.96. The number of aromatic hydroxyl groups is 1. The fourth-order valence-corrected chi connectivity index (χ4v) is 3.36. The number of hydrogen-bond donors (Lipinski definition) is 2. The number of nitrogens with one attached hydrogen (secondary N) is 1. The number of phenols is 1. The van der Waals surface area contributed by atoms with Gasteiger partial charge in [0.2, 0.25) is 5.91 Å². The second-order valence-corrected chi connectivity index (χ2v) is 6.90. The van der Waals surface area contributed by atoms with Gasteiger partial charge >= 0.3 is 0 Å². The third-order valence-electron chi connectivity index (χ3n) is 4.65. The Balaban J connectivity index is 1.74. The van der Waals surface area contributed by atoms with Crippen LogP contribution in [0.25, 0.3) is 0 Å². The highest BCUT2D eigenvalue weighted by molar-refractivity contribution is 5.79. The van der Waals surface area contributed by atoms with E-state index in [1.807, 2.05) is 29.9 Å². The minimum atomic E-state index is -0.0207. The molecule has 1 aliphatic rings. The van der Waals surface area contributed by atoms with Gasteiger partial charge in [-0.15, -0.1) is 0 Å². The molecule has 5 heteroatoms. The fourth-order valence-electron chi connectivity index (χ4n) is 3.36. The molecule has 128 valence electrons. The first kappa shape index (κ1) is 16.6. The molecule has 1 atom stereocenters. The predicted octanol–water partition coefficient (Wildman–Crippen LogP) is 3.21. The molecule has 3 rings (SSSR count). The van der Waals surface area contributed by atoms with Crippen LogP contribution in [0.3, 0.4) is 0 Å². The van der Waals surface area contributed by atoms with Gasteiger partial charge in [-0.3, -0.25) is 9.48 Å². The SMILES string of the molecule is Cc1ccc(CC(=O)NC2CCCc3cnn(C(C)C)c32)cc1O.